The molecule has 6 nitrogen and oxygen atoms in total. The lowest BCUT2D eigenvalue weighted by atomic mass is 9.90. The largest absolute Gasteiger partial charge is 0.360 e. The zero-order chi connectivity index (χ0) is 25.8. The summed E-state index contributed by atoms with van der Waals surface area (Å²) in [5.74, 6) is -0.0471. The maximum Gasteiger partial charge on any atom is 0.163 e. The van der Waals surface area contributed by atoms with Gasteiger partial charge in [0.15, 0.2) is 5.78 Å². The van der Waals surface area contributed by atoms with E-state index in [1.807, 2.05) is 82.0 Å². The van der Waals surface area contributed by atoms with Crippen LogP contribution >= 0.6 is 22.9 Å². The highest BCUT2D eigenvalue weighted by Crippen LogP contribution is 2.45. The van der Waals surface area contributed by atoms with Crippen molar-refractivity contribution in [1.29, 1.82) is 0 Å². The fourth-order valence-electron chi connectivity index (χ4n) is 4.52. The molecule has 184 valence electrons. The summed E-state index contributed by atoms with van der Waals surface area (Å²) in [6.07, 6.45) is 2.87. The molecule has 0 saturated heterocycles. The molecule has 0 bridgehead atoms. The number of benzene rings is 2. The first kappa shape index (κ1) is 24.6. The number of aromatic nitrogens is 4. The summed E-state index contributed by atoms with van der Waals surface area (Å²) in [4.78, 5) is 22.2. The fraction of sp³-hybridized carbons (Fsp3) is 0.286. The van der Waals surface area contributed by atoms with Crippen molar-refractivity contribution in [2.75, 3.05) is 0 Å². The predicted octanol–water partition coefficient (Wildman–Crippen LogP) is 7.32. The van der Waals surface area contributed by atoms with Crippen LogP contribution in [0.5, 0.6) is 0 Å². The van der Waals surface area contributed by atoms with Gasteiger partial charge in [0.25, 0.3) is 0 Å². The number of halogens is 1. The second kappa shape index (κ2) is 9.07. The molecule has 0 saturated carbocycles. The monoisotopic (exact) mass is 518 g/mol. The Morgan fingerprint density at radius 2 is 1.89 bits per heavy atom. The van der Waals surface area contributed by atoms with Crippen molar-refractivity contribution >= 4 is 49.8 Å². The first-order valence-corrected chi connectivity index (χ1v) is 12.9. The van der Waals surface area contributed by atoms with Gasteiger partial charge in [0, 0.05) is 41.0 Å². The number of fused-ring (bicyclic) bond motifs is 2. The standard InChI is InChI=1S/C28H27ClN4O2S/c1-15-13-20-26(36-27(31-20)24-19-14-30-12-11-21(19)33(6)32-24)23(17-7-9-18(29)10-8-17)22(15)25(16(2)34)35-28(3,4)5/h7-14,25H,1-6H3/t25-/m1/s1. The third kappa shape index (κ3) is 4.43. The molecule has 0 aliphatic carbocycles. The molecule has 3 aromatic heterocycles. The Bertz CT molecular complexity index is 1610. The van der Waals surface area contributed by atoms with Crippen LogP contribution in [0.4, 0.5) is 0 Å². The molecular formula is C28H27ClN4O2S. The maximum absolute atomic E-state index is 12.9. The van der Waals surface area contributed by atoms with Crippen LogP contribution in [0.2, 0.25) is 5.02 Å². The van der Waals surface area contributed by atoms with Crippen LogP contribution in [0, 0.1) is 6.92 Å². The van der Waals surface area contributed by atoms with Gasteiger partial charge in [-0.15, -0.1) is 11.3 Å². The van der Waals surface area contributed by atoms with Crippen molar-refractivity contribution < 1.29 is 9.53 Å². The number of rotatable bonds is 5. The van der Waals surface area contributed by atoms with E-state index >= 15 is 0 Å². The number of ether oxygens (including phenoxy) is 1. The van der Waals surface area contributed by atoms with Gasteiger partial charge in [-0.1, -0.05) is 23.7 Å². The second-order valence-electron chi connectivity index (χ2n) is 9.94. The summed E-state index contributed by atoms with van der Waals surface area (Å²) in [5.41, 5.74) is 5.82. The molecule has 0 spiro atoms. The molecule has 5 rings (SSSR count). The zero-order valence-corrected chi connectivity index (χ0v) is 22.7. The molecule has 0 unspecified atom stereocenters. The first-order valence-electron chi connectivity index (χ1n) is 11.7. The average Bonchev–Trinajstić information content (AvgIpc) is 3.38. The SMILES string of the molecule is CC(=O)[C@@H](OC(C)(C)C)c1c(C)cc2nc(-c3nn(C)c4ccncc34)sc2c1-c1ccc(Cl)cc1. The molecule has 36 heavy (non-hydrogen) atoms. The van der Waals surface area contributed by atoms with Crippen molar-refractivity contribution in [1.82, 2.24) is 19.7 Å². The van der Waals surface area contributed by atoms with Gasteiger partial charge in [-0.05, 0) is 70.0 Å². The second-order valence-corrected chi connectivity index (χ2v) is 11.4. The number of carbonyl (C=O) groups excluding carboxylic acids is 1. The summed E-state index contributed by atoms with van der Waals surface area (Å²) < 4.78 is 9.16. The number of nitrogens with zero attached hydrogens (tertiary/aromatic N) is 4. The number of Topliss-reactive ketones (excluding diaryl/α,β-unsaturated/α-hetero) is 1. The lowest BCUT2D eigenvalue weighted by Gasteiger charge is -2.29. The molecule has 0 N–H and O–H groups in total. The van der Waals surface area contributed by atoms with E-state index in [2.05, 4.69) is 4.98 Å². The quantitative estimate of drug-likeness (QED) is 0.244. The molecule has 2 aromatic carbocycles. The molecule has 0 aliphatic rings. The number of pyridine rings is 1. The molecule has 3 heterocycles. The summed E-state index contributed by atoms with van der Waals surface area (Å²) >= 11 is 7.79. The molecule has 5 aromatic rings. The lowest BCUT2D eigenvalue weighted by Crippen LogP contribution is -2.27. The van der Waals surface area contributed by atoms with Gasteiger partial charge < -0.3 is 4.74 Å². The number of carbonyl (C=O) groups is 1. The Morgan fingerprint density at radius 3 is 2.56 bits per heavy atom. The van der Waals surface area contributed by atoms with E-state index in [1.54, 1.807) is 24.5 Å². The third-order valence-electron chi connectivity index (χ3n) is 6.02. The highest BCUT2D eigenvalue weighted by Gasteiger charge is 2.30. The molecule has 0 aliphatic heterocycles. The predicted molar refractivity (Wildman–Crippen MR) is 147 cm³/mol. The molecule has 0 radical (unpaired) electrons. The van der Waals surface area contributed by atoms with Crippen LogP contribution in [0.1, 0.15) is 44.9 Å². The van der Waals surface area contributed by atoms with Crippen LogP contribution < -0.4 is 0 Å². The van der Waals surface area contributed by atoms with Crippen molar-refractivity contribution in [3.05, 3.63) is 64.9 Å². The number of ketones is 1. The Kier molecular flexibility index (Phi) is 6.19. The van der Waals surface area contributed by atoms with Crippen LogP contribution in [-0.4, -0.2) is 31.1 Å². The summed E-state index contributed by atoms with van der Waals surface area (Å²) in [7, 11) is 1.92. The van der Waals surface area contributed by atoms with Gasteiger partial charge in [0.2, 0.25) is 0 Å². The van der Waals surface area contributed by atoms with E-state index < -0.39 is 11.7 Å². The Labute approximate surface area is 218 Å². The topological polar surface area (TPSA) is 69.9 Å². The fourth-order valence-corrected chi connectivity index (χ4v) is 5.77. The minimum atomic E-state index is -0.717. The van der Waals surface area contributed by atoms with Crippen molar-refractivity contribution in [2.45, 2.75) is 46.3 Å². The van der Waals surface area contributed by atoms with E-state index in [4.69, 9.17) is 26.4 Å². The van der Waals surface area contributed by atoms with E-state index in [0.717, 1.165) is 54.1 Å². The van der Waals surface area contributed by atoms with E-state index in [0.29, 0.717) is 5.02 Å². The average molecular weight is 519 g/mol. The van der Waals surface area contributed by atoms with Crippen LogP contribution in [0.3, 0.4) is 0 Å². The maximum atomic E-state index is 12.9. The summed E-state index contributed by atoms with van der Waals surface area (Å²) in [5, 5.41) is 7.15. The molecule has 1 atom stereocenters. The summed E-state index contributed by atoms with van der Waals surface area (Å²) in [6.45, 7) is 9.48. The Balaban J connectivity index is 1.82. The van der Waals surface area contributed by atoms with Gasteiger partial charge in [-0.25, -0.2) is 4.98 Å². The zero-order valence-electron chi connectivity index (χ0n) is 21.1. The van der Waals surface area contributed by atoms with E-state index in [1.165, 1.54) is 0 Å². The third-order valence-corrected chi connectivity index (χ3v) is 7.37. The minimum Gasteiger partial charge on any atom is -0.360 e. The Hall–Kier alpha value is -3.13. The molecular weight excluding hydrogens is 492 g/mol. The highest BCUT2D eigenvalue weighted by molar-refractivity contribution is 7.22. The Morgan fingerprint density at radius 1 is 1.17 bits per heavy atom. The van der Waals surface area contributed by atoms with E-state index in [9.17, 15) is 4.79 Å². The first-order chi connectivity index (χ1) is 17.0. The van der Waals surface area contributed by atoms with Crippen LogP contribution in [-0.2, 0) is 16.6 Å². The van der Waals surface area contributed by atoms with Crippen molar-refractivity contribution in [2.24, 2.45) is 7.05 Å². The number of aryl methyl sites for hydroxylation is 2. The number of thiazole rings is 1. The van der Waals surface area contributed by atoms with Gasteiger partial charge >= 0.3 is 0 Å². The van der Waals surface area contributed by atoms with Crippen LogP contribution in [0.15, 0.2) is 48.8 Å². The molecule has 0 fully saturated rings. The number of hydrogen-bond acceptors (Lipinski definition) is 6. The van der Waals surface area contributed by atoms with E-state index in [-0.39, 0.29) is 5.78 Å². The lowest BCUT2D eigenvalue weighted by molar-refractivity contribution is -0.138. The smallest absolute Gasteiger partial charge is 0.163 e. The van der Waals surface area contributed by atoms with Gasteiger partial charge in [0.05, 0.1) is 21.3 Å². The summed E-state index contributed by atoms with van der Waals surface area (Å²) in [6, 6.07) is 11.7. The van der Waals surface area contributed by atoms with Gasteiger partial charge in [-0.3, -0.25) is 14.5 Å². The number of hydrogen-bond donors (Lipinski definition) is 0. The van der Waals surface area contributed by atoms with Gasteiger partial charge in [0.1, 0.15) is 16.8 Å². The normalized spacial score (nSPS) is 13.0. The van der Waals surface area contributed by atoms with Crippen molar-refractivity contribution in [3.63, 3.8) is 0 Å². The molecule has 0 amide bonds. The van der Waals surface area contributed by atoms with Gasteiger partial charge in [-0.2, -0.15) is 5.10 Å². The molecule has 8 heteroatoms. The minimum absolute atomic E-state index is 0.0471. The highest BCUT2D eigenvalue weighted by atomic mass is 35.5. The van der Waals surface area contributed by atoms with Crippen LogP contribution in [0.25, 0.3) is 42.9 Å². The van der Waals surface area contributed by atoms with Crippen molar-refractivity contribution in [3.8, 4) is 21.8 Å².